The summed E-state index contributed by atoms with van der Waals surface area (Å²) in [5.41, 5.74) is 1.92. The predicted molar refractivity (Wildman–Crippen MR) is 104 cm³/mol. The van der Waals surface area contributed by atoms with E-state index in [4.69, 9.17) is 0 Å². The monoisotopic (exact) mass is 414 g/mol. The molecule has 154 valence electrons. The fourth-order valence-electron chi connectivity index (χ4n) is 3.24. The third kappa shape index (κ3) is 3.63. The number of carbonyl (C=O) groups excluding carboxylic acids is 1. The van der Waals surface area contributed by atoms with E-state index in [1.165, 1.54) is 30.9 Å². The van der Waals surface area contributed by atoms with Gasteiger partial charge in [0.2, 0.25) is 5.82 Å². The summed E-state index contributed by atoms with van der Waals surface area (Å²) in [7, 11) is 0. The molecule has 0 saturated carbocycles. The molecule has 4 rings (SSSR count). The standard InChI is InChI=1S/C20H17F3N6O/c1-12(2)29-17-7-6-13(8-16(17)27-19(29)20(21,22)23)18(30)26-14-4-3-5-15(9-14)28-10-24-25-11-28/h3-12H,1-2H3,(H,26,30). The number of alkyl halides is 3. The lowest BCUT2D eigenvalue weighted by Gasteiger charge is -2.14. The average molecular weight is 414 g/mol. The van der Waals surface area contributed by atoms with Crippen LogP contribution >= 0.6 is 0 Å². The van der Waals surface area contributed by atoms with Crippen molar-refractivity contribution in [3.8, 4) is 5.69 Å². The minimum absolute atomic E-state index is 0.113. The Morgan fingerprint density at radius 2 is 1.80 bits per heavy atom. The quantitative estimate of drug-likeness (QED) is 0.535. The number of hydrogen-bond acceptors (Lipinski definition) is 4. The Kier molecular flexibility index (Phi) is 4.76. The van der Waals surface area contributed by atoms with E-state index in [1.807, 2.05) is 6.07 Å². The molecule has 7 nitrogen and oxygen atoms in total. The van der Waals surface area contributed by atoms with Crippen LogP contribution in [0.4, 0.5) is 18.9 Å². The zero-order valence-electron chi connectivity index (χ0n) is 16.1. The van der Waals surface area contributed by atoms with Gasteiger partial charge in [0, 0.05) is 17.3 Å². The molecule has 0 atom stereocenters. The maximum absolute atomic E-state index is 13.4. The molecule has 0 unspecified atom stereocenters. The van der Waals surface area contributed by atoms with Gasteiger partial charge in [0.1, 0.15) is 12.7 Å². The highest BCUT2D eigenvalue weighted by molar-refractivity contribution is 6.06. The van der Waals surface area contributed by atoms with Gasteiger partial charge in [0.25, 0.3) is 5.91 Å². The molecular weight excluding hydrogens is 397 g/mol. The molecule has 0 saturated heterocycles. The number of benzene rings is 2. The lowest BCUT2D eigenvalue weighted by molar-refractivity contribution is -0.147. The number of rotatable bonds is 4. The highest BCUT2D eigenvalue weighted by Crippen LogP contribution is 2.34. The third-order valence-corrected chi connectivity index (χ3v) is 4.54. The van der Waals surface area contributed by atoms with Crippen LogP contribution in [-0.2, 0) is 6.18 Å². The van der Waals surface area contributed by atoms with E-state index in [1.54, 1.807) is 36.6 Å². The zero-order chi connectivity index (χ0) is 21.5. The van der Waals surface area contributed by atoms with E-state index in [-0.39, 0.29) is 11.1 Å². The van der Waals surface area contributed by atoms with Gasteiger partial charge in [-0.25, -0.2) is 4.98 Å². The van der Waals surface area contributed by atoms with E-state index in [0.717, 1.165) is 10.3 Å². The van der Waals surface area contributed by atoms with Crippen LogP contribution in [-0.4, -0.2) is 30.2 Å². The summed E-state index contributed by atoms with van der Waals surface area (Å²) in [5.74, 6) is -1.43. The van der Waals surface area contributed by atoms with Gasteiger partial charge in [-0.2, -0.15) is 13.2 Å². The Labute approximate surface area is 169 Å². The molecule has 0 fully saturated rings. The topological polar surface area (TPSA) is 77.6 Å². The molecule has 0 spiro atoms. The molecular formula is C20H17F3N6O. The summed E-state index contributed by atoms with van der Waals surface area (Å²) in [5, 5.41) is 10.2. The number of anilines is 1. The van der Waals surface area contributed by atoms with Crippen molar-refractivity contribution in [3.63, 3.8) is 0 Å². The highest BCUT2D eigenvalue weighted by Gasteiger charge is 2.38. The molecule has 2 aromatic carbocycles. The lowest BCUT2D eigenvalue weighted by atomic mass is 10.1. The maximum atomic E-state index is 13.4. The zero-order valence-corrected chi connectivity index (χ0v) is 16.1. The summed E-state index contributed by atoms with van der Waals surface area (Å²) < 4.78 is 42.9. The second-order valence-electron chi connectivity index (χ2n) is 6.97. The van der Waals surface area contributed by atoms with Crippen LogP contribution in [0.15, 0.2) is 55.1 Å². The van der Waals surface area contributed by atoms with Crippen molar-refractivity contribution >= 4 is 22.6 Å². The summed E-state index contributed by atoms with van der Waals surface area (Å²) in [6, 6.07) is 10.9. The van der Waals surface area contributed by atoms with Crippen molar-refractivity contribution in [2.45, 2.75) is 26.1 Å². The predicted octanol–water partition coefficient (Wildman–Crippen LogP) is 4.47. The minimum atomic E-state index is -4.59. The van der Waals surface area contributed by atoms with Crippen LogP contribution in [0.1, 0.15) is 36.1 Å². The van der Waals surface area contributed by atoms with Crippen LogP contribution in [0.25, 0.3) is 16.7 Å². The summed E-state index contributed by atoms with van der Waals surface area (Å²) in [6.45, 7) is 3.31. The molecule has 0 aliphatic heterocycles. The van der Waals surface area contributed by atoms with Crippen molar-refractivity contribution in [2.24, 2.45) is 0 Å². The smallest absolute Gasteiger partial charge is 0.322 e. The fourth-order valence-corrected chi connectivity index (χ4v) is 3.24. The Morgan fingerprint density at radius 1 is 1.07 bits per heavy atom. The number of carbonyl (C=O) groups is 1. The van der Waals surface area contributed by atoms with Gasteiger partial charge >= 0.3 is 6.18 Å². The van der Waals surface area contributed by atoms with E-state index >= 15 is 0 Å². The number of aromatic nitrogens is 5. The Hall–Kier alpha value is -3.69. The summed E-state index contributed by atoms with van der Waals surface area (Å²) in [6.07, 6.45) is -1.54. The highest BCUT2D eigenvalue weighted by atomic mass is 19.4. The molecule has 4 aromatic rings. The number of hydrogen-bond donors (Lipinski definition) is 1. The first-order valence-corrected chi connectivity index (χ1v) is 9.09. The normalized spacial score (nSPS) is 11.9. The van der Waals surface area contributed by atoms with Gasteiger partial charge in [0.15, 0.2) is 0 Å². The van der Waals surface area contributed by atoms with Crippen LogP contribution < -0.4 is 5.32 Å². The second-order valence-corrected chi connectivity index (χ2v) is 6.97. The summed E-state index contributed by atoms with van der Waals surface area (Å²) in [4.78, 5) is 16.4. The number of nitrogens with zero attached hydrogens (tertiary/aromatic N) is 5. The fraction of sp³-hybridized carbons (Fsp3) is 0.200. The number of imidazole rings is 1. The summed E-state index contributed by atoms with van der Waals surface area (Å²) >= 11 is 0. The molecule has 30 heavy (non-hydrogen) atoms. The van der Waals surface area contributed by atoms with Crippen LogP contribution in [0, 0.1) is 0 Å². The Morgan fingerprint density at radius 3 is 2.47 bits per heavy atom. The van der Waals surface area contributed by atoms with Crippen molar-refractivity contribution in [3.05, 3.63) is 66.5 Å². The van der Waals surface area contributed by atoms with Gasteiger partial charge < -0.3 is 9.88 Å². The number of halogens is 3. The van der Waals surface area contributed by atoms with Crippen molar-refractivity contribution in [1.29, 1.82) is 0 Å². The Balaban J connectivity index is 1.65. The van der Waals surface area contributed by atoms with Gasteiger partial charge in [-0.15, -0.1) is 10.2 Å². The minimum Gasteiger partial charge on any atom is -0.322 e. The van der Waals surface area contributed by atoms with Gasteiger partial charge in [0.05, 0.1) is 16.7 Å². The van der Waals surface area contributed by atoms with Gasteiger partial charge in [-0.3, -0.25) is 9.36 Å². The molecule has 1 N–H and O–H groups in total. The molecule has 2 heterocycles. The second kappa shape index (κ2) is 7.29. The van der Waals surface area contributed by atoms with E-state index < -0.39 is 23.9 Å². The SMILES string of the molecule is CC(C)n1c(C(F)(F)F)nc2cc(C(=O)Nc3cccc(-n4cnnc4)c3)ccc21. The largest absolute Gasteiger partial charge is 0.449 e. The average Bonchev–Trinajstić information content (AvgIpc) is 3.35. The first-order chi connectivity index (χ1) is 14.2. The Bertz CT molecular complexity index is 1210. The molecule has 0 bridgehead atoms. The molecule has 0 aliphatic rings. The first kappa shape index (κ1) is 19.6. The van der Waals surface area contributed by atoms with Crippen LogP contribution in [0.2, 0.25) is 0 Å². The van der Waals surface area contributed by atoms with E-state index in [0.29, 0.717) is 11.2 Å². The molecule has 0 aliphatic carbocycles. The van der Waals surface area contributed by atoms with Crippen LogP contribution in [0.3, 0.4) is 0 Å². The molecule has 10 heteroatoms. The third-order valence-electron chi connectivity index (χ3n) is 4.54. The molecule has 1 amide bonds. The van der Waals surface area contributed by atoms with E-state index in [9.17, 15) is 18.0 Å². The number of amides is 1. The molecule has 0 radical (unpaired) electrons. The van der Waals surface area contributed by atoms with Crippen molar-refractivity contribution in [2.75, 3.05) is 5.32 Å². The lowest BCUT2D eigenvalue weighted by Crippen LogP contribution is -2.16. The van der Waals surface area contributed by atoms with Crippen LogP contribution in [0.5, 0.6) is 0 Å². The first-order valence-electron chi connectivity index (χ1n) is 9.09. The van der Waals surface area contributed by atoms with Crippen molar-refractivity contribution in [1.82, 2.24) is 24.3 Å². The molecule has 2 aromatic heterocycles. The van der Waals surface area contributed by atoms with Gasteiger partial charge in [-0.05, 0) is 50.2 Å². The maximum Gasteiger partial charge on any atom is 0.449 e. The van der Waals surface area contributed by atoms with E-state index in [2.05, 4.69) is 20.5 Å². The van der Waals surface area contributed by atoms with Crippen molar-refractivity contribution < 1.29 is 18.0 Å². The van der Waals surface area contributed by atoms with Gasteiger partial charge in [-0.1, -0.05) is 6.07 Å². The number of fused-ring (bicyclic) bond motifs is 1. The number of nitrogens with one attached hydrogen (secondary N) is 1.